The highest BCUT2D eigenvalue weighted by atomic mass is 32.2. The van der Waals surface area contributed by atoms with Gasteiger partial charge < -0.3 is 10.1 Å². The van der Waals surface area contributed by atoms with E-state index >= 15 is 0 Å². The third kappa shape index (κ3) is 4.99. The molecule has 0 spiro atoms. The zero-order valence-corrected chi connectivity index (χ0v) is 16.0. The molecular formula is C15H25N3O5S2. The Morgan fingerprint density at radius 2 is 1.56 bits per heavy atom. The Kier molecular flexibility index (Phi) is 6.57. The van der Waals surface area contributed by atoms with E-state index in [2.05, 4.69) is 14.8 Å². The van der Waals surface area contributed by atoms with E-state index in [0.29, 0.717) is 6.61 Å². The molecule has 25 heavy (non-hydrogen) atoms. The quantitative estimate of drug-likeness (QED) is 0.570. The van der Waals surface area contributed by atoms with Gasteiger partial charge in [0, 0.05) is 19.1 Å². The SMILES string of the molecule is CNS(=O)(=O)c1ccc(S(=O)(=O)NCC2(COC)CCNCC2)cc1. The molecule has 0 radical (unpaired) electrons. The van der Waals surface area contributed by atoms with Gasteiger partial charge in [0.25, 0.3) is 0 Å². The average Bonchev–Trinajstić information content (AvgIpc) is 2.61. The van der Waals surface area contributed by atoms with Crippen molar-refractivity contribution >= 4 is 20.0 Å². The zero-order valence-electron chi connectivity index (χ0n) is 14.4. The van der Waals surface area contributed by atoms with Crippen LogP contribution in [0.4, 0.5) is 0 Å². The van der Waals surface area contributed by atoms with Crippen LogP contribution >= 0.6 is 0 Å². The van der Waals surface area contributed by atoms with Gasteiger partial charge in [-0.05, 0) is 57.2 Å². The van der Waals surface area contributed by atoms with Crippen LogP contribution in [0, 0.1) is 5.41 Å². The molecule has 8 nitrogen and oxygen atoms in total. The number of hydrogen-bond donors (Lipinski definition) is 3. The minimum Gasteiger partial charge on any atom is -0.384 e. The Labute approximate surface area is 149 Å². The van der Waals surface area contributed by atoms with E-state index in [1.54, 1.807) is 7.11 Å². The lowest BCUT2D eigenvalue weighted by Crippen LogP contribution is -2.47. The molecule has 3 N–H and O–H groups in total. The van der Waals surface area contributed by atoms with E-state index in [0.717, 1.165) is 25.9 Å². The van der Waals surface area contributed by atoms with Crippen molar-refractivity contribution < 1.29 is 21.6 Å². The third-order valence-electron chi connectivity index (χ3n) is 4.46. The molecule has 1 aromatic rings. The van der Waals surface area contributed by atoms with E-state index in [9.17, 15) is 16.8 Å². The number of piperidine rings is 1. The number of hydrogen-bond acceptors (Lipinski definition) is 6. The normalized spacial score (nSPS) is 18.2. The van der Waals surface area contributed by atoms with E-state index < -0.39 is 20.0 Å². The summed E-state index contributed by atoms with van der Waals surface area (Å²) in [6, 6.07) is 5.13. The molecular weight excluding hydrogens is 366 g/mol. The van der Waals surface area contributed by atoms with E-state index in [4.69, 9.17) is 4.74 Å². The van der Waals surface area contributed by atoms with Crippen molar-refractivity contribution in [3.8, 4) is 0 Å². The molecule has 1 fully saturated rings. The van der Waals surface area contributed by atoms with E-state index in [1.165, 1.54) is 31.3 Å². The standard InChI is InChI=1S/C15H25N3O5S2/c1-16-24(19,20)13-3-5-14(6-4-13)25(21,22)18-11-15(12-23-2)7-9-17-10-8-15/h3-6,16-18H,7-12H2,1-2H3. The second kappa shape index (κ2) is 8.11. The zero-order chi connectivity index (χ0) is 18.6. The summed E-state index contributed by atoms with van der Waals surface area (Å²) in [5.74, 6) is 0. The van der Waals surface area contributed by atoms with Crippen LogP contribution in [0.5, 0.6) is 0 Å². The fourth-order valence-electron chi connectivity index (χ4n) is 2.88. The van der Waals surface area contributed by atoms with Crippen LogP contribution in [0.1, 0.15) is 12.8 Å². The second-order valence-corrected chi connectivity index (χ2v) is 9.84. The lowest BCUT2D eigenvalue weighted by molar-refractivity contribution is 0.0577. The van der Waals surface area contributed by atoms with Crippen LogP contribution < -0.4 is 14.8 Å². The first-order valence-corrected chi connectivity index (χ1v) is 10.9. The van der Waals surface area contributed by atoms with Gasteiger partial charge >= 0.3 is 0 Å². The largest absolute Gasteiger partial charge is 0.384 e. The summed E-state index contributed by atoms with van der Waals surface area (Å²) in [5, 5.41) is 3.26. The van der Waals surface area contributed by atoms with Gasteiger partial charge in [-0.2, -0.15) is 0 Å². The highest BCUT2D eigenvalue weighted by Gasteiger charge is 2.33. The van der Waals surface area contributed by atoms with Gasteiger partial charge in [-0.15, -0.1) is 0 Å². The molecule has 1 aromatic carbocycles. The van der Waals surface area contributed by atoms with Crippen LogP contribution in [0.3, 0.4) is 0 Å². The van der Waals surface area contributed by atoms with Crippen molar-refractivity contribution in [1.29, 1.82) is 0 Å². The van der Waals surface area contributed by atoms with Crippen LogP contribution in [-0.2, 0) is 24.8 Å². The van der Waals surface area contributed by atoms with Crippen molar-refractivity contribution in [1.82, 2.24) is 14.8 Å². The third-order valence-corrected chi connectivity index (χ3v) is 7.31. The molecule has 1 heterocycles. The Morgan fingerprint density at radius 3 is 2.04 bits per heavy atom. The Bertz CT molecular complexity index is 764. The molecule has 0 amide bonds. The first-order chi connectivity index (χ1) is 11.7. The molecule has 0 saturated carbocycles. The minimum atomic E-state index is -3.73. The average molecular weight is 392 g/mol. The lowest BCUT2D eigenvalue weighted by atomic mass is 9.80. The molecule has 10 heteroatoms. The van der Waals surface area contributed by atoms with Crippen molar-refractivity contribution in [3.63, 3.8) is 0 Å². The fourth-order valence-corrected chi connectivity index (χ4v) is 4.77. The molecule has 1 aliphatic rings. The number of benzene rings is 1. The van der Waals surface area contributed by atoms with Gasteiger partial charge in [0.05, 0.1) is 16.4 Å². The van der Waals surface area contributed by atoms with Crippen LogP contribution in [0.2, 0.25) is 0 Å². The predicted molar refractivity (Wildman–Crippen MR) is 94.3 cm³/mol. The fraction of sp³-hybridized carbons (Fsp3) is 0.600. The highest BCUT2D eigenvalue weighted by Crippen LogP contribution is 2.29. The van der Waals surface area contributed by atoms with Crippen molar-refractivity contribution in [3.05, 3.63) is 24.3 Å². The van der Waals surface area contributed by atoms with Gasteiger partial charge in [-0.1, -0.05) is 0 Å². The number of methoxy groups -OCH3 is 1. The number of sulfonamides is 2. The monoisotopic (exact) mass is 391 g/mol. The summed E-state index contributed by atoms with van der Waals surface area (Å²) < 4.78 is 58.6. The summed E-state index contributed by atoms with van der Waals surface area (Å²) in [7, 11) is -4.41. The maximum Gasteiger partial charge on any atom is 0.240 e. The molecule has 2 rings (SSSR count). The lowest BCUT2D eigenvalue weighted by Gasteiger charge is -2.37. The van der Waals surface area contributed by atoms with E-state index in [1.807, 2.05) is 0 Å². The number of ether oxygens (including phenoxy) is 1. The molecule has 0 unspecified atom stereocenters. The van der Waals surface area contributed by atoms with Crippen LogP contribution in [0.15, 0.2) is 34.1 Å². The summed E-state index contributed by atoms with van der Waals surface area (Å²) in [6.07, 6.45) is 1.64. The van der Waals surface area contributed by atoms with E-state index in [-0.39, 0.29) is 21.8 Å². The molecule has 0 aromatic heterocycles. The molecule has 142 valence electrons. The van der Waals surface area contributed by atoms with Gasteiger partial charge in [0.1, 0.15) is 0 Å². The first-order valence-electron chi connectivity index (χ1n) is 7.98. The van der Waals surface area contributed by atoms with Crippen molar-refractivity contribution in [2.24, 2.45) is 5.41 Å². The summed E-state index contributed by atoms with van der Waals surface area (Å²) >= 11 is 0. The minimum absolute atomic E-state index is 0.0168. The maximum absolute atomic E-state index is 12.5. The Hall–Kier alpha value is -1.04. The van der Waals surface area contributed by atoms with Crippen LogP contribution in [-0.4, -0.2) is 57.2 Å². The van der Waals surface area contributed by atoms with Gasteiger partial charge in [-0.25, -0.2) is 26.3 Å². The number of rotatable bonds is 8. The molecule has 0 aliphatic carbocycles. The van der Waals surface area contributed by atoms with Crippen molar-refractivity contribution in [2.45, 2.75) is 22.6 Å². The second-order valence-electron chi connectivity index (χ2n) is 6.19. The molecule has 0 atom stereocenters. The topological polar surface area (TPSA) is 114 Å². The maximum atomic E-state index is 12.5. The van der Waals surface area contributed by atoms with Gasteiger partial charge in [0.15, 0.2) is 0 Å². The summed E-state index contributed by atoms with van der Waals surface area (Å²) in [6.45, 7) is 2.40. The summed E-state index contributed by atoms with van der Waals surface area (Å²) in [5.41, 5.74) is -0.234. The molecule has 1 saturated heterocycles. The number of nitrogens with one attached hydrogen (secondary N) is 3. The first kappa shape index (κ1) is 20.3. The Balaban J connectivity index is 2.13. The Morgan fingerprint density at radius 1 is 1.04 bits per heavy atom. The van der Waals surface area contributed by atoms with Gasteiger partial charge in [0.2, 0.25) is 20.0 Å². The summed E-state index contributed by atoms with van der Waals surface area (Å²) in [4.78, 5) is 0.0483. The molecule has 0 bridgehead atoms. The van der Waals surface area contributed by atoms with Crippen LogP contribution in [0.25, 0.3) is 0 Å². The smallest absolute Gasteiger partial charge is 0.240 e. The van der Waals surface area contributed by atoms with Crippen molar-refractivity contribution in [2.75, 3.05) is 40.4 Å². The highest BCUT2D eigenvalue weighted by molar-refractivity contribution is 7.90. The molecule has 1 aliphatic heterocycles. The predicted octanol–water partition coefficient (Wildman–Crippen LogP) is -0.111. The van der Waals surface area contributed by atoms with Gasteiger partial charge in [-0.3, -0.25) is 0 Å².